The highest BCUT2D eigenvalue weighted by Crippen LogP contribution is 2.20. The number of aromatic nitrogens is 1. The van der Waals surface area contributed by atoms with Crippen LogP contribution >= 0.6 is 0 Å². The number of aromatic carboxylic acids is 1. The van der Waals surface area contributed by atoms with Gasteiger partial charge in [0.05, 0.1) is 13.2 Å². The molecule has 1 aliphatic rings. The summed E-state index contributed by atoms with van der Waals surface area (Å²) in [5, 5.41) is 8.99. The number of pyridine rings is 1. The van der Waals surface area contributed by atoms with E-state index in [0.29, 0.717) is 37.8 Å². The fourth-order valence-electron chi connectivity index (χ4n) is 2.93. The molecule has 2 aromatic rings. The number of carbonyl (C=O) groups excluding carboxylic acids is 1. The van der Waals surface area contributed by atoms with Crippen molar-refractivity contribution in [1.82, 2.24) is 9.88 Å². The number of carboxylic acids is 1. The lowest BCUT2D eigenvalue weighted by Gasteiger charge is -2.17. The molecule has 0 saturated carbocycles. The molecule has 1 atom stereocenters. The predicted octanol–water partition coefficient (Wildman–Crippen LogP) is 2.46. The minimum atomic E-state index is -1.14. The zero-order chi connectivity index (χ0) is 17.6. The Bertz CT molecular complexity index is 748. The number of carbonyl (C=O) groups is 2. The lowest BCUT2D eigenvalue weighted by Crippen LogP contribution is -2.29. The molecule has 1 unspecified atom stereocenters. The Morgan fingerprint density at radius 2 is 2.04 bits per heavy atom. The largest absolute Gasteiger partial charge is 0.477 e. The molecule has 1 aromatic carbocycles. The third-order valence-corrected chi connectivity index (χ3v) is 4.26. The van der Waals surface area contributed by atoms with E-state index >= 15 is 0 Å². The Morgan fingerprint density at radius 3 is 2.80 bits per heavy atom. The Kier molecular flexibility index (Phi) is 5.40. The molecule has 6 heteroatoms. The van der Waals surface area contributed by atoms with Gasteiger partial charge < -0.3 is 14.7 Å². The van der Waals surface area contributed by atoms with Crippen LogP contribution in [0.4, 0.5) is 0 Å². The van der Waals surface area contributed by atoms with Crippen molar-refractivity contribution in [2.75, 3.05) is 19.7 Å². The van der Waals surface area contributed by atoms with Crippen LogP contribution in [0.5, 0.6) is 0 Å². The van der Waals surface area contributed by atoms with Crippen LogP contribution in [0.1, 0.15) is 32.8 Å². The standard InChI is InChI=1S/C19H20N2O4/c22-18(16-6-8-20-17(10-16)19(23)24)21-9-7-15(11-21)13-25-12-14-4-2-1-3-5-14/h1-6,8,10,15H,7,9,11-13H2,(H,23,24). The van der Waals surface area contributed by atoms with Gasteiger partial charge in [-0.2, -0.15) is 0 Å². The normalized spacial score (nSPS) is 16.8. The van der Waals surface area contributed by atoms with E-state index in [1.807, 2.05) is 30.3 Å². The summed E-state index contributed by atoms with van der Waals surface area (Å²) in [6, 6.07) is 12.8. The van der Waals surface area contributed by atoms with Gasteiger partial charge in [-0.15, -0.1) is 0 Å². The molecule has 1 amide bonds. The van der Waals surface area contributed by atoms with Crippen LogP contribution in [-0.2, 0) is 11.3 Å². The monoisotopic (exact) mass is 340 g/mol. The molecule has 1 fully saturated rings. The van der Waals surface area contributed by atoms with Crippen molar-refractivity contribution in [2.45, 2.75) is 13.0 Å². The van der Waals surface area contributed by atoms with Crippen molar-refractivity contribution in [1.29, 1.82) is 0 Å². The summed E-state index contributed by atoms with van der Waals surface area (Å²) in [4.78, 5) is 29.0. The number of hydrogen-bond donors (Lipinski definition) is 1. The number of ether oxygens (including phenoxy) is 1. The highest BCUT2D eigenvalue weighted by Gasteiger charge is 2.27. The zero-order valence-corrected chi connectivity index (χ0v) is 13.8. The van der Waals surface area contributed by atoms with Crippen LogP contribution in [0.2, 0.25) is 0 Å². The topological polar surface area (TPSA) is 79.7 Å². The summed E-state index contributed by atoms with van der Waals surface area (Å²) < 4.78 is 5.76. The molecule has 2 heterocycles. The highest BCUT2D eigenvalue weighted by molar-refractivity contribution is 5.96. The Hall–Kier alpha value is -2.73. The lowest BCUT2D eigenvalue weighted by atomic mass is 10.1. The van der Waals surface area contributed by atoms with Crippen LogP contribution in [0.25, 0.3) is 0 Å². The van der Waals surface area contributed by atoms with Gasteiger partial charge in [-0.25, -0.2) is 9.78 Å². The maximum atomic E-state index is 12.5. The first-order chi connectivity index (χ1) is 12.1. The minimum absolute atomic E-state index is 0.118. The van der Waals surface area contributed by atoms with Gasteiger partial charge >= 0.3 is 5.97 Å². The second-order valence-corrected chi connectivity index (χ2v) is 6.14. The summed E-state index contributed by atoms with van der Waals surface area (Å²) >= 11 is 0. The van der Waals surface area contributed by atoms with E-state index in [4.69, 9.17) is 9.84 Å². The summed E-state index contributed by atoms with van der Waals surface area (Å²) in [7, 11) is 0. The molecule has 1 N–H and O–H groups in total. The van der Waals surface area contributed by atoms with E-state index in [-0.39, 0.29) is 11.6 Å². The van der Waals surface area contributed by atoms with Gasteiger partial charge in [0.1, 0.15) is 5.69 Å². The van der Waals surface area contributed by atoms with E-state index in [9.17, 15) is 9.59 Å². The van der Waals surface area contributed by atoms with Crippen molar-refractivity contribution < 1.29 is 19.4 Å². The number of benzene rings is 1. The number of rotatable bonds is 6. The van der Waals surface area contributed by atoms with Gasteiger partial charge in [0.25, 0.3) is 5.91 Å². The van der Waals surface area contributed by atoms with Crippen molar-refractivity contribution >= 4 is 11.9 Å². The third kappa shape index (κ3) is 4.42. The van der Waals surface area contributed by atoms with Crippen molar-refractivity contribution in [3.8, 4) is 0 Å². The molecule has 0 aliphatic carbocycles. The predicted molar refractivity (Wildman–Crippen MR) is 91.3 cm³/mol. The molecule has 130 valence electrons. The van der Waals surface area contributed by atoms with Crippen LogP contribution in [0.15, 0.2) is 48.7 Å². The number of likely N-dealkylation sites (tertiary alicyclic amines) is 1. The highest BCUT2D eigenvalue weighted by atomic mass is 16.5. The fourth-order valence-corrected chi connectivity index (χ4v) is 2.93. The van der Waals surface area contributed by atoms with Gasteiger partial charge in [-0.3, -0.25) is 4.79 Å². The number of amides is 1. The molecule has 6 nitrogen and oxygen atoms in total. The van der Waals surface area contributed by atoms with Gasteiger partial charge in [-0.05, 0) is 24.1 Å². The molecule has 1 saturated heterocycles. The molecule has 1 aromatic heterocycles. The molecule has 25 heavy (non-hydrogen) atoms. The molecule has 0 bridgehead atoms. The maximum Gasteiger partial charge on any atom is 0.354 e. The second-order valence-electron chi connectivity index (χ2n) is 6.14. The number of carboxylic acid groups (broad SMARTS) is 1. The fraction of sp³-hybridized carbons (Fsp3) is 0.316. The van der Waals surface area contributed by atoms with Gasteiger partial charge in [0.2, 0.25) is 0 Å². The maximum absolute atomic E-state index is 12.5. The van der Waals surface area contributed by atoms with E-state index in [2.05, 4.69) is 4.98 Å². The Labute approximate surface area is 146 Å². The quantitative estimate of drug-likeness (QED) is 0.874. The molecule has 0 radical (unpaired) electrons. The van der Waals surface area contributed by atoms with Crippen LogP contribution < -0.4 is 0 Å². The third-order valence-electron chi connectivity index (χ3n) is 4.26. The molecule has 0 spiro atoms. The minimum Gasteiger partial charge on any atom is -0.477 e. The Morgan fingerprint density at radius 1 is 1.24 bits per heavy atom. The van der Waals surface area contributed by atoms with Crippen molar-refractivity contribution in [3.05, 3.63) is 65.5 Å². The van der Waals surface area contributed by atoms with E-state index in [1.165, 1.54) is 12.3 Å². The number of hydrogen-bond acceptors (Lipinski definition) is 4. The summed E-state index contributed by atoms with van der Waals surface area (Å²) in [5.41, 5.74) is 1.37. The molecular formula is C19H20N2O4. The molecule has 1 aliphatic heterocycles. The summed E-state index contributed by atoms with van der Waals surface area (Å²) in [6.45, 7) is 2.45. The summed E-state index contributed by atoms with van der Waals surface area (Å²) in [5.74, 6) is -0.993. The average Bonchev–Trinajstić information content (AvgIpc) is 3.11. The Balaban J connectivity index is 1.51. The average molecular weight is 340 g/mol. The lowest BCUT2D eigenvalue weighted by molar-refractivity contribution is 0.0690. The van der Waals surface area contributed by atoms with Gasteiger partial charge in [0.15, 0.2) is 0 Å². The van der Waals surface area contributed by atoms with Crippen LogP contribution in [0.3, 0.4) is 0 Å². The first-order valence-corrected chi connectivity index (χ1v) is 8.24. The van der Waals surface area contributed by atoms with Gasteiger partial charge in [0, 0.05) is 30.8 Å². The van der Waals surface area contributed by atoms with Crippen molar-refractivity contribution in [2.24, 2.45) is 5.92 Å². The first-order valence-electron chi connectivity index (χ1n) is 8.24. The first kappa shape index (κ1) is 17.1. The number of nitrogens with zero attached hydrogens (tertiary/aromatic N) is 2. The van der Waals surface area contributed by atoms with E-state index < -0.39 is 5.97 Å². The zero-order valence-electron chi connectivity index (χ0n) is 13.8. The smallest absolute Gasteiger partial charge is 0.354 e. The SMILES string of the molecule is O=C(O)c1cc(C(=O)N2CCC(COCc3ccccc3)C2)ccn1. The second kappa shape index (κ2) is 7.90. The van der Waals surface area contributed by atoms with Gasteiger partial charge in [-0.1, -0.05) is 30.3 Å². The van der Waals surface area contributed by atoms with Crippen LogP contribution in [0, 0.1) is 5.92 Å². The van der Waals surface area contributed by atoms with E-state index in [0.717, 1.165) is 12.0 Å². The summed E-state index contributed by atoms with van der Waals surface area (Å²) in [6.07, 6.45) is 2.24. The molecule has 3 rings (SSSR count). The van der Waals surface area contributed by atoms with E-state index in [1.54, 1.807) is 11.0 Å². The molecular weight excluding hydrogens is 320 g/mol. The van der Waals surface area contributed by atoms with Crippen LogP contribution in [-0.4, -0.2) is 46.6 Å². The van der Waals surface area contributed by atoms with Crippen molar-refractivity contribution in [3.63, 3.8) is 0 Å².